The fourth-order valence-corrected chi connectivity index (χ4v) is 4.82. The minimum atomic E-state index is -4.16. The third-order valence-electron chi connectivity index (χ3n) is 5.00. The van der Waals surface area contributed by atoms with Gasteiger partial charge < -0.3 is 4.21 Å². The van der Waals surface area contributed by atoms with Crippen molar-refractivity contribution in [2.45, 2.75) is 24.9 Å². The molecule has 160 valence electrons. The minimum absolute atomic E-state index is 0.00684. The Bertz CT molecular complexity index is 1470. The van der Waals surface area contributed by atoms with Crippen molar-refractivity contribution in [1.29, 1.82) is 0 Å². The topological polar surface area (TPSA) is 84.3 Å². The van der Waals surface area contributed by atoms with E-state index in [1.807, 2.05) is 68.4 Å². The first kappa shape index (κ1) is 21.5. The van der Waals surface area contributed by atoms with Gasteiger partial charge in [-0.3, -0.25) is 14.9 Å². The smallest absolute Gasteiger partial charge is 0.269 e. The summed E-state index contributed by atoms with van der Waals surface area (Å²) in [7, 11) is -5.27. The Hall–Kier alpha value is -2.74. The molecule has 0 saturated carbocycles. The van der Waals surface area contributed by atoms with Crippen molar-refractivity contribution in [3.05, 3.63) is 77.9 Å². The van der Waals surface area contributed by atoms with Gasteiger partial charge in [0, 0.05) is 16.3 Å². The maximum absolute atomic E-state index is 12.3. The van der Waals surface area contributed by atoms with E-state index in [1.54, 1.807) is 17.5 Å². The Labute approximate surface area is 183 Å². The van der Waals surface area contributed by atoms with E-state index in [0.717, 1.165) is 38.5 Å². The summed E-state index contributed by atoms with van der Waals surface area (Å²) < 4.78 is 44.5. The quantitative estimate of drug-likeness (QED) is 0.200. The number of hydrogen-bond donors (Lipinski definition) is 1. The van der Waals surface area contributed by atoms with Crippen molar-refractivity contribution in [1.82, 2.24) is 4.98 Å². The van der Waals surface area contributed by atoms with Gasteiger partial charge in [0.2, 0.25) is 0 Å². The highest BCUT2D eigenvalue weighted by molar-refractivity contribution is 7.85. The van der Waals surface area contributed by atoms with Crippen LogP contribution in [0.25, 0.3) is 32.9 Å². The molecule has 4 aromatic rings. The highest BCUT2D eigenvalue weighted by Crippen LogP contribution is 2.33. The van der Waals surface area contributed by atoms with Crippen molar-refractivity contribution < 1.29 is 17.2 Å². The molecule has 0 radical (unpaired) electrons. The van der Waals surface area contributed by atoms with Gasteiger partial charge in [-0.25, -0.2) is 4.98 Å². The second-order valence-electron chi connectivity index (χ2n) is 7.70. The molecular weight excluding hydrogens is 430 g/mol. The third-order valence-corrected chi connectivity index (χ3v) is 7.13. The number of nitrogens with zero attached hydrogens (tertiary/aromatic N) is 1. The van der Waals surface area contributed by atoms with Gasteiger partial charge in [0.1, 0.15) is 5.75 Å². The second kappa shape index (κ2) is 8.42. The van der Waals surface area contributed by atoms with Crippen molar-refractivity contribution in [3.63, 3.8) is 0 Å². The molecule has 7 heteroatoms. The predicted molar refractivity (Wildman–Crippen MR) is 128 cm³/mol. The van der Waals surface area contributed by atoms with Crippen molar-refractivity contribution >= 4 is 47.5 Å². The van der Waals surface area contributed by atoms with Crippen LogP contribution in [0.2, 0.25) is 0 Å². The summed E-state index contributed by atoms with van der Waals surface area (Å²) in [5.74, 6) is -0.462. The minimum Gasteiger partial charge on any atom is -0.461 e. The van der Waals surface area contributed by atoms with E-state index in [9.17, 15) is 17.2 Å². The highest BCUT2D eigenvalue weighted by Gasteiger charge is 2.13. The van der Waals surface area contributed by atoms with E-state index in [2.05, 4.69) is 0 Å². The first-order chi connectivity index (χ1) is 14.7. The molecule has 0 aliphatic rings. The average Bonchev–Trinajstić information content (AvgIpc) is 2.72. The molecule has 0 aliphatic carbocycles. The lowest BCUT2D eigenvalue weighted by molar-refractivity contribution is 0.482. The molecular formula is C24H22NO4S2-. The van der Waals surface area contributed by atoms with Gasteiger partial charge in [0.05, 0.1) is 11.2 Å². The van der Waals surface area contributed by atoms with E-state index >= 15 is 0 Å². The van der Waals surface area contributed by atoms with Gasteiger partial charge in [-0.2, -0.15) is 8.42 Å². The van der Waals surface area contributed by atoms with Crippen molar-refractivity contribution in [2.75, 3.05) is 0 Å². The largest absolute Gasteiger partial charge is 0.461 e. The number of aromatic nitrogens is 1. The Balaban J connectivity index is 2.03. The average molecular weight is 453 g/mol. The monoisotopic (exact) mass is 452 g/mol. The molecule has 0 atom stereocenters. The molecule has 0 saturated heterocycles. The van der Waals surface area contributed by atoms with E-state index in [1.165, 1.54) is 0 Å². The Kier molecular flexibility index (Phi) is 5.83. The zero-order chi connectivity index (χ0) is 22.2. The summed E-state index contributed by atoms with van der Waals surface area (Å²) in [6, 6.07) is 20.8. The third kappa shape index (κ3) is 4.79. The first-order valence-corrected chi connectivity index (χ1v) is 12.7. The second-order valence-corrected chi connectivity index (χ2v) is 11.0. The zero-order valence-corrected chi connectivity index (χ0v) is 18.8. The van der Waals surface area contributed by atoms with Crippen molar-refractivity contribution in [2.24, 2.45) is 0 Å². The van der Waals surface area contributed by atoms with Gasteiger partial charge in [0.15, 0.2) is 0 Å². The summed E-state index contributed by atoms with van der Waals surface area (Å²) in [5.41, 5.74) is 3.80. The summed E-state index contributed by atoms with van der Waals surface area (Å²) in [5, 5.41) is 4.27. The molecule has 0 unspecified atom stereocenters. The summed E-state index contributed by atoms with van der Waals surface area (Å²) in [6.45, 7) is 3.80. The van der Waals surface area contributed by atoms with Crippen LogP contribution >= 0.6 is 0 Å². The van der Waals surface area contributed by atoms with Crippen LogP contribution in [0.5, 0.6) is 0 Å². The van der Waals surface area contributed by atoms with Gasteiger partial charge in [-0.1, -0.05) is 67.6 Å². The highest BCUT2D eigenvalue weighted by atomic mass is 32.2. The standard InChI is InChI=1S/C24H22NO4S2/c1-16(2)30(26)14-17-9-11-23-22(12-17)21-13-18(15-31(27,28)29)8-10-20(21)24(25-23)19-6-4-3-5-7-19/h3-14,16H,15H2,1-2H3,(H,27,28,29)/q-1. The summed E-state index contributed by atoms with van der Waals surface area (Å²) in [4.78, 5) is 4.88. The van der Waals surface area contributed by atoms with Crippen LogP contribution in [0.4, 0.5) is 0 Å². The van der Waals surface area contributed by atoms with E-state index < -0.39 is 26.3 Å². The van der Waals surface area contributed by atoms with Gasteiger partial charge >= 0.3 is 0 Å². The van der Waals surface area contributed by atoms with Crippen LogP contribution in [0, 0.1) is 0 Å². The Morgan fingerprint density at radius 3 is 2.39 bits per heavy atom. The van der Waals surface area contributed by atoms with Gasteiger partial charge in [-0.05, 0) is 34.7 Å². The van der Waals surface area contributed by atoms with Crippen molar-refractivity contribution in [3.8, 4) is 11.3 Å². The van der Waals surface area contributed by atoms with E-state index in [0.29, 0.717) is 5.56 Å². The molecule has 1 heterocycles. The molecule has 0 spiro atoms. The Morgan fingerprint density at radius 1 is 0.968 bits per heavy atom. The summed E-state index contributed by atoms with van der Waals surface area (Å²) >= 11 is 0. The predicted octanol–water partition coefficient (Wildman–Crippen LogP) is 4.97. The van der Waals surface area contributed by atoms with E-state index in [4.69, 9.17) is 4.98 Å². The zero-order valence-electron chi connectivity index (χ0n) is 17.1. The van der Waals surface area contributed by atoms with Crippen LogP contribution < -0.4 is 0 Å². The number of fused-ring (bicyclic) bond motifs is 3. The lowest BCUT2D eigenvalue weighted by atomic mass is 9.98. The lowest BCUT2D eigenvalue weighted by Gasteiger charge is -2.13. The van der Waals surface area contributed by atoms with Gasteiger partial charge in [-0.15, -0.1) is 5.37 Å². The molecule has 4 rings (SSSR count). The maximum Gasteiger partial charge on any atom is 0.269 e. The molecule has 5 nitrogen and oxygen atoms in total. The fourth-order valence-electron chi connectivity index (χ4n) is 3.53. The van der Waals surface area contributed by atoms with Gasteiger partial charge in [0.25, 0.3) is 10.1 Å². The SMILES string of the molecule is CC(C)[S-](=O)=Cc1ccc2nc(-c3ccccc3)c3ccc(CS(=O)(=O)O)cc3c2c1. The molecule has 0 aliphatic heterocycles. The van der Waals surface area contributed by atoms with Crippen LogP contribution in [0.1, 0.15) is 25.0 Å². The number of rotatable bonds is 5. The first-order valence-electron chi connectivity index (χ1n) is 9.82. The number of hydrogen-bond acceptors (Lipinski definition) is 5. The lowest BCUT2D eigenvalue weighted by Crippen LogP contribution is -2.02. The molecule has 3 aromatic carbocycles. The molecule has 0 bridgehead atoms. The molecule has 0 amide bonds. The van der Waals surface area contributed by atoms with E-state index in [-0.39, 0.29) is 5.25 Å². The van der Waals surface area contributed by atoms with Crippen LogP contribution in [-0.4, -0.2) is 28.6 Å². The Morgan fingerprint density at radius 2 is 1.71 bits per heavy atom. The van der Waals surface area contributed by atoms with Crippen LogP contribution in [-0.2, 0) is 30.5 Å². The van der Waals surface area contributed by atoms with Crippen LogP contribution in [0.15, 0.2) is 66.7 Å². The van der Waals surface area contributed by atoms with Crippen LogP contribution in [0.3, 0.4) is 0 Å². The molecule has 31 heavy (non-hydrogen) atoms. The molecule has 1 aromatic heterocycles. The molecule has 1 N–H and O–H groups in total. The normalized spacial score (nSPS) is 13.3. The summed E-state index contributed by atoms with van der Waals surface area (Å²) in [6.07, 6.45) is 0. The fraction of sp³-hybridized carbons (Fsp3) is 0.167. The maximum atomic E-state index is 12.3. The number of pyridine rings is 1. The molecule has 0 fully saturated rings. The number of benzene rings is 3.